The van der Waals surface area contributed by atoms with Crippen molar-refractivity contribution in [3.8, 4) is 0 Å². The molecule has 104 valence electrons. The Labute approximate surface area is 108 Å². The minimum atomic E-state index is -4.47. The first-order valence-electron chi connectivity index (χ1n) is 5.04. The first kappa shape index (κ1) is 17.1. The molecular weight excluding hydrogens is 278 g/mol. The van der Waals surface area contributed by atoms with Gasteiger partial charge in [0.25, 0.3) is 10.1 Å². The van der Waals surface area contributed by atoms with Gasteiger partial charge in [0.2, 0.25) is 18.2 Å². The summed E-state index contributed by atoms with van der Waals surface area (Å²) in [6.07, 6.45) is 3.48. The zero-order valence-electron chi connectivity index (χ0n) is 9.72. The Morgan fingerprint density at radius 3 is 1.79 bits per heavy atom. The summed E-state index contributed by atoms with van der Waals surface area (Å²) in [4.78, 5) is 39.6. The van der Waals surface area contributed by atoms with E-state index in [-0.39, 0.29) is 26.1 Å². The van der Waals surface area contributed by atoms with Crippen molar-refractivity contribution in [1.82, 2.24) is 0 Å². The zero-order chi connectivity index (χ0) is 14.7. The second-order valence-corrected chi connectivity index (χ2v) is 5.07. The van der Waals surface area contributed by atoms with Crippen LogP contribution in [-0.4, -0.2) is 56.1 Å². The van der Waals surface area contributed by atoms with Gasteiger partial charge in [-0.1, -0.05) is 0 Å². The molecular formula is C9H11N3O6S. The van der Waals surface area contributed by atoms with Crippen molar-refractivity contribution in [3.05, 3.63) is 0 Å². The highest BCUT2D eigenvalue weighted by molar-refractivity contribution is 7.86. The lowest BCUT2D eigenvalue weighted by molar-refractivity contribution is 0.414. The molecule has 0 saturated carbocycles. The van der Waals surface area contributed by atoms with Gasteiger partial charge in [0.15, 0.2) is 0 Å². The van der Waals surface area contributed by atoms with E-state index in [0.29, 0.717) is 0 Å². The first-order chi connectivity index (χ1) is 8.97. The number of carbonyl (C=O) groups excluding carboxylic acids is 3. The highest BCUT2D eigenvalue weighted by Gasteiger charge is 2.31. The molecule has 10 heteroatoms. The van der Waals surface area contributed by atoms with Crippen LogP contribution in [0.3, 0.4) is 0 Å². The van der Waals surface area contributed by atoms with Crippen molar-refractivity contribution in [2.45, 2.75) is 11.7 Å². The molecule has 0 amide bonds. The topological polar surface area (TPSA) is 143 Å². The van der Waals surface area contributed by atoms with Gasteiger partial charge in [-0.2, -0.15) is 8.42 Å². The maximum Gasteiger partial charge on any atom is 0.268 e. The lowest BCUT2D eigenvalue weighted by atomic mass is 10.0. The van der Waals surface area contributed by atoms with E-state index in [0.717, 1.165) is 0 Å². The van der Waals surface area contributed by atoms with Gasteiger partial charge < -0.3 is 0 Å². The summed E-state index contributed by atoms with van der Waals surface area (Å²) < 4.78 is 31.6. The fraction of sp³-hybridized carbons (Fsp3) is 0.667. The Balaban J connectivity index is 5.14. The van der Waals surface area contributed by atoms with Gasteiger partial charge >= 0.3 is 0 Å². The number of aliphatic imine (C=N–C) groups is 3. The predicted molar refractivity (Wildman–Crippen MR) is 62.4 cm³/mol. The van der Waals surface area contributed by atoms with Crippen molar-refractivity contribution in [3.63, 3.8) is 0 Å². The maximum absolute atomic E-state index is 11.2. The van der Waals surface area contributed by atoms with Crippen molar-refractivity contribution in [2.24, 2.45) is 20.9 Å². The Bertz CT molecular complexity index is 506. The smallest absolute Gasteiger partial charge is 0.268 e. The number of nitrogens with zero attached hydrogens (tertiary/aromatic N) is 3. The number of rotatable bonds is 9. The normalized spacial score (nSPS) is 13.3. The average molecular weight is 289 g/mol. The van der Waals surface area contributed by atoms with Crippen LogP contribution in [0.4, 0.5) is 0 Å². The highest BCUT2D eigenvalue weighted by Crippen LogP contribution is 2.17. The Morgan fingerprint density at radius 2 is 1.42 bits per heavy atom. The van der Waals surface area contributed by atoms with E-state index in [1.54, 1.807) is 0 Å². The molecule has 0 aliphatic carbocycles. The summed E-state index contributed by atoms with van der Waals surface area (Å²) in [6.45, 7) is -0.756. The summed E-state index contributed by atoms with van der Waals surface area (Å²) in [5.41, 5.74) is 0. The van der Waals surface area contributed by atoms with Gasteiger partial charge in [-0.05, 0) is 6.42 Å². The van der Waals surface area contributed by atoms with Gasteiger partial charge in [-0.25, -0.2) is 29.4 Å². The van der Waals surface area contributed by atoms with E-state index in [1.165, 1.54) is 18.2 Å². The Kier molecular flexibility index (Phi) is 8.12. The van der Waals surface area contributed by atoms with Crippen LogP contribution in [0.1, 0.15) is 6.42 Å². The minimum absolute atomic E-state index is 0.180. The molecule has 0 aromatic rings. The minimum Gasteiger partial charge on any atom is -0.285 e. The highest BCUT2D eigenvalue weighted by atomic mass is 32.2. The van der Waals surface area contributed by atoms with Gasteiger partial charge in [0.05, 0.1) is 24.9 Å². The summed E-state index contributed by atoms with van der Waals surface area (Å²) in [7, 11) is -4.47. The summed E-state index contributed by atoms with van der Waals surface area (Å²) in [6, 6.07) is 0. The second-order valence-electron chi connectivity index (χ2n) is 3.44. The third-order valence-corrected chi connectivity index (χ3v) is 3.66. The lowest BCUT2D eigenvalue weighted by Crippen LogP contribution is -2.34. The fourth-order valence-corrected chi connectivity index (χ4v) is 2.53. The fourth-order valence-electron chi connectivity index (χ4n) is 1.47. The average Bonchev–Trinajstić information content (AvgIpc) is 2.34. The molecule has 1 N–H and O–H groups in total. The van der Waals surface area contributed by atoms with Crippen LogP contribution in [0.5, 0.6) is 0 Å². The predicted octanol–water partition coefficient (Wildman–Crippen LogP) is -0.743. The number of hydrogen-bond acceptors (Lipinski definition) is 8. The third kappa shape index (κ3) is 7.15. The van der Waals surface area contributed by atoms with Crippen LogP contribution in [0.15, 0.2) is 15.0 Å². The molecule has 0 aliphatic rings. The van der Waals surface area contributed by atoms with E-state index < -0.39 is 21.3 Å². The summed E-state index contributed by atoms with van der Waals surface area (Å²) in [5.74, 6) is -0.917. The summed E-state index contributed by atoms with van der Waals surface area (Å²) >= 11 is 0. The first-order valence-corrected chi connectivity index (χ1v) is 6.54. The van der Waals surface area contributed by atoms with Gasteiger partial charge in [0.1, 0.15) is 0 Å². The van der Waals surface area contributed by atoms with Crippen LogP contribution in [0.2, 0.25) is 0 Å². The summed E-state index contributed by atoms with van der Waals surface area (Å²) in [5, 5.41) is -1.36. The molecule has 19 heavy (non-hydrogen) atoms. The molecule has 0 aliphatic heterocycles. The molecule has 1 unspecified atom stereocenters. The van der Waals surface area contributed by atoms with Crippen molar-refractivity contribution < 1.29 is 27.4 Å². The molecule has 0 aromatic heterocycles. The molecule has 0 spiro atoms. The molecule has 0 rings (SSSR count). The van der Waals surface area contributed by atoms with Gasteiger partial charge in [0, 0.05) is 5.92 Å². The molecule has 0 heterocycles. The van der Waals surface area contributed by atoms with E-state index in [4.69, 9.17) is 4.55 Å². The largest absolute Gasteiger partial charge is 0.285 e. The molecule has 0 saturated heterocycles. The SMILES string of the molecule is O=C=NCCC(C(CN=C=O)CN=C=O)S(=O)(=O)O. The van der Waals surface area contributed by atoms with E-state index in [2.05, 4.69) is 15.0 Å². The lowest BCUT2D eigenvalue weighted by Gasteiger charge is -2.20. The van der Waals surface area contributed by atoms with Crippen LogP contribution in [-0.2, 0) is 24.5 Å². The van der Waals surface area contributed by atoms with Gasteiger partial charge in [-0.15, -0.1) is 0 Å². The van der Waals surface area contributed by atoms with Crippen LogP contribution in [0.25, 0.3) is 0 Å². The maximum atomic E-state index is 11.2. The van der Waals surface area contributed by atoms with Crippen LogP contribution in [0, 0.1) is 5.92 Å². The van der Waals surface area contributed by atoms with Crippen LogP contribution < -0.4 is 0 Å². The molecule has 0 bridgehead atoms. The molecule has 9 nitrogen and oxygen atoms in total. The van der Waals surface area contributed by atoms with Crippen molar-refractivity contribution >= 4 is 28.4 Å². The van der Waals surface area contributed by atoms with Crippen molar-refractivity contribution in [2.75, 3.05) is 19.6 Å². The molecule has 0 aromatic carbocycles. The number of hydrogen-bond donors (Lipinski definition) is 1. The van der Waals surface area contributed by atoms with Gasteiger partial charge in [-0.3, -0.25) is 4.55 Å². The number of isocyanates is 3. The monoisotopic (exact) mass is 289 g/mol. The van der Waals surface area contributed by atoms with E-state index >= 15 is 0 Å². The van der Waals surface area contributed by atoms with E-state index in [9.17, 15) is 22.8 Å². The Hall–Kier alpha value is -1.95. The Morgan fingerprint density at radius 1 is 0.947 bits per heavy atom. The van der Waals surface area contributed by atoms with E-state index in [1.807, 2.05) is 0 Å². The quantitative estimate of drug-likeness (QED) is 0.336. The third-order valence-electron chi connectivity index (χ3n) is 2.28. The molecule has 0 radical (unpaired) electrons. The van der Waals surface area contributed by atoms with Crippen LogP contribution >= 0.6 is 0 Å². The molecule has 0 fully saturated rings. The standard InChI is InChI=1S/C9H11N3O6S/c13-5-10-2-1-9(19(16,17)18)8(3-11-6-14)4-12-7-15/h8-9H,1-4H2,(H,16,17,18). The van der Waals surface area contributed by atoms with Crippen molar-refractivity contribution in [1.29, 1.82) is 0 Å². The second kappa shape index (κ2) is 9.04. The molecule has 1 atom stereocenters. The zero-order valence-corrected chi connectivity index (χ0v) is 10.5.